The topological polar surface area (TPSA) is 25.8 Å². The van der Waals surface area contributed by atoms with Crippen LogP contribution in [0.1, 0.15) is 0 Å². The number of aromatic nitrogens is 2. The number of hydrogen-bond donors (Lipinski definition) is 0. The molecule has 0 aliphatic carbocycles. The highest BCUT2D eigenvalue weighted by Gasteiger charge is 2.10. The Balaban J connectivity index is 1.61. The van der Waals surface area contributed by atoms with Crippen LogP contribution in [0.15, 0.2) is 109 Å². The lowest BCUT2D eigenvalue weighted by Gasteiger charge is -2.12. The second-order valence-corrected chi connectivity index (χ2v) is 7.48. The molecule has 1 aromatic heterocycles. The summed E-state index contributed by atoms with van der Waals surface area (Å²) in [5.41, 5.74) is 3.06. The SMILES string of the molecule is c1ccc(-c2nccc(-c3ccc4c5ccccc5c5ccccc5c4c3)n2)cc1. The molecule has 0 aliphatic rings. The number of hydrogen-bond acceptors (Lipinski definition) is 2. The van der Waals surface area contributed by atoms with Crippen molar-refractivity contribution in [3.8, 4) is 22.6 Å². The Bertz CT molecular complexity index is 1500. The van der Waals surface area contributed by atoms with Crippen LogP contribution in [0.3, 0.4) is 0 Å². The molecule has 6 aromatic rings. The zero-order valence-corrected chi connectivity index (χ0v) is 16.3. The summed E-state index contributed by atoms with van der Waals surface area (Å²) in [6.45, 7) is 0. The van der Waals surface area contributed by atoms with Crippen molar-refractivity contribution in [2.75, 3.05) is 0 Å². The molecule has 30 heavy (non-hydrogen) atoms. The minimum atomic E-state index is 0.747. The smallest absolute Gasteiger partial charge is 0.159 e. The molecule has 0 unspecified atom stereocenters. The molecule has 1 heterocycles. The maximum absolute atomic E-state index is 4.85. The molecule has 0 spiro atoms. The van der Waals surface area contributed by atoms with Crippen LogP contribution in [0.2, 0.25) is 0 Å². The van der Waals surface area contributed by atoms with E-state index in [1.807, 2.05) is 42.6 Å². The molecule has 0 atom stereocenters. The minimum absolute atomic E-state index is 0.747. The Morgan fingerprint density at radius 2 is 1.00 bits per heavy atom. The summed E-state index contributed by atoms with van der Waals surface area (Å²) in [5, 5.41) is 7.65. The minimum Gasteiger partial charge on any atom is -0.237 e. The largest absolute Gasteiger partial charge is 0.237 e. The number of nitrogens with zero attached hydrogens (tertiary/aromatic N) is 2. The summed E-state index contributed by atoms with van der Waals surface area (Å²) in [6, 6.07) is 36.0. The molecule has 140 valence electrons. The van der Waals surface area contributed by atoms with Crippen molar-refractivity contribution in [3.05, 3.63) is 109 Å². The lowest BCUT2D eigenvalue weighted by molar-refractivity contribution is 1.18. The van der Waals surface area contributed by atoms with E-state index in [2.05, 4.69) is 71.7 Å². The molecular weight excluding hydrogens is 364 g/mol. The van der Waals surface area contributed by atoms with Gasteiger partial charge in [0, 0.05) is 17.3 Å². The van der Waals surface area contributed by atoms with Gasteiger partial charge in [-0.25, -0.2) is 9.97 Å². The van der Waals surface area contributed by atoms with Crippen molar-refractivity contribution in [3.63, 3.8) is 0 Å². The molecule has 0 N–H and O–H groups in total. The van der Waals surface area contributed by atoms with Crippen molar-refractivity contribution >= 4 is 32.3 Å². The molecular formula is C28H18N2. The fourth-order valence-corrected chi connectivity index (χ4v) is 4.31. The molecule has 0 fully saturated rings. The van der Waals surface area contributed by atoms with E-state index in [4.69, 9.17) is 4.98 Å². The Morgan fingerprint density at radius 3 is 1.67 bits per heavy atom. The highest BCUT2D eigenvalue weighted by atomic mass is 14.9. The van der Waals surface area contributed by atoms with Crippen LogP contribution >= 0.6 is 0 Å². The molecule has 0 aliphatic heterocycles. The maximum atomic E-state index is 4.85. The number of rotatable bonds is 2. The van der Waals surface area contributed by atoms with Crippen molar-refractivity contribution in [2.45, 2.75) is 0 Å². The van der Waals surface area contributed by atoms with Gasteiger partial charge >= 0.3 is 0 Å². The fourth-order valence-electron chi connectivity index (χ4n) is 4.31. The van der Waals surface area contributed by atoms with Gasteiger partial charge in [-0.05, 0) is 44.5 Å². The van der Waals surface area contributed by atoms with Crippen LogP contribution in [0.25, 0.3) is 55.0 Å². The Kier molecular flexibility index (Phi) is 3.82. The lowest BCUT2D eigenvalue weighted by atomic mass is 9.93. The monoisotopic (exact) mass is 382 g/mol. The zero-order valence-electron chi connectivity index (χ0n) is 16.3. The lowest BCUT2D eigenvalue weighted by Crippen LogP contribution is -1.92. The second kappa shape index (κ2) is 6.78. The predicted molar refractivity (Wildman–Crippen MR) is 125 cm³/mol. The normalized spacial score (nSPS) is 11.3. The van der Waals surface area contributed by atoms with Gasteiger partial charge in [0.1, 0.15) is 0 Å². The van der Waals surface area contributed by atoms with Crippen LogP contribution in [0.4, 0.5) is 0 Å². The first-order valence-corrected chi connectivity index (χ1v) is 10.1. The summed E-state index contributed by atoms with van der Waals surface area (Å²) in [7, 11) is 0. The zero-order chi connectivity index (χ0) is 19.9. The summed E-state index contributed by atoms with van der Waals surface area (Å²) in [6.07, 6.45) is 1.84. The molecule has 0 amide bonds. The summed E-state index contributed by atoms with van der Waals surface area (Å²) >= 11 is 0. The van der Waals surface area contributed by atoms with Gasteiger partial charge in [0.25, 0.3) is 0 Å². The van der Waals surface area contributed by atoms with E-state index in [9.17, 15) is 0 Å². The number of fused-ring (bicyclic) bond motifs is 6. The molecule has 2 nitrogen and oxygen atoms in total. The fraction of sp³-hybridized carbons (Fsp3) is 0. The van der Waals surface area contributed by atoms with Gasteiger partial charge in [-0.2, -0.15) is 0 Å². The van der Waals surface area contributed by atoms with Gasteiger partial charge in [0.05, 0.1) is 5.69 Å². The first kappa shape index (κ1) is 16.9. The van der Waals surface area contributed by atoms with Gasteiger partial charge < -0.3 is 0 Å². The first-order valence-electron chi connectivity index (χ1n) is 10.1. The molecule has 0 saturated carbocycles. The van der Waals surface area contributed by atoms with Gasteiger partial charge in [-0.15, -0.1) is 0 Å². The molecule has 5 aromatic carbocycles. The predicted octanol–water partition coefficient (Wildman–Crippen LogP) is 7.27. The van der Waals surface area contributed by atoms with Crippen molar-refractivity contribution < 1.29 is 0 Å². The van der Waals surface area contributed by atoms with E-state index in [1.54, 1.807) is 0 Å². The molecule has 0 bridgehead atoms. The van der Waals surface area contributed by atoms with Crippen molar-refractivity contribution in [1.82, 2.24) is 9.97 Å². The first-order chi connectivity index (χ1) is 14.9. The van der Waals surface area contributed by atoms with E-state index in [0.29, 0.717) is 0 Å². The maximum Gasteiger partial charge on any atom is 0.159 e. The summed E-state index contributed by atoms with van der Waals surface area (Å²) in [4.78, 5) is 9.33. The molecule has 0 saturated heterocycles. The van der Waals surface area contributed by atoms with E-state index >= 15 is 0 Å². The van der Waals surface area contributed by atoms with Crippen LogP contribution in [0.5, 0.6) is 0 Å². The van der Waals surface area contributed by atoms with Gasteiger partial charge in [-0.3, -0.25) is 0 Å². The number of benzene rings is 5. The average Bonchev–Trinajstić information content (AvgIpc) is 2.84. The quantitative estimate of drug-likeness (QED) is 0.294. The summed E-state index contributed by atoms with van der Waals surface area (Å²) < 4.78 is 0. The third kappa shape index (κ3) is 2.66. The van der Waals surface area contributed by atoms with Crippen LogP contribution < -0.4 is 0 Å². The summed E-state index contributed by atoms with van der Waals surface area (Å²) in [5.74, 6) is 0.747. The van der Waals surface area contributed by atoms with Crippen molar-refractivity contribution in [2.24, 2.45) is 0 Å². The Labute approximate surface area is 174 Å². The molecule has 0 radical (unpaired) electrons. The van der Waals surface area contributed by atoms with E-state index in [0.717, 1.165) is 22.6 Å². The van der Waals surface area contributed by atoms with Gasteiger partial charge in [0.15, 0.2) is 5.82 Å². The van der Waals surface area contributed by atoms with Crippen molar-refractivity contribution in [1.29, 1.82) is 0 Å². The van der Waals surface area contributed by atoms with Gasteiger partial charge in [0.2, 0.25) is 0 Å². The van der Waals surface area contributed by atoms with E-state index in [-0.39, 0.29) is 0 Å². The molecule has 6 rings (SSSR count). The second-order valence-electron chi connectivity index (χ2n) is 7.48. The van der Waals surface area contributed by atoms with E-state index in [1.165, 1.54) is 32.3 Å². The van der Waals surface area contributed by atoms with Gasteiger partial charge in [-0.1, -0.05) is 91.0 Å². The Morgan fingerprint density at radius 1 is 0.433 bits per heavy atom. The average molecular weight is 382 g/mol. The third-order valence-corrected chi connectivity index (χ3v) is 5.73. The van der Waals surface area contributed by atoms with E-state index < -0.39 is 0 Å². The van der Waals surface area contributed by atoms with Crippen LogP contribution in [-0.2, 0) is 0 Å². The highest BCUT2D eigenvalue weighted by Crippen LogP contribution is 2.36. The van der Waals surface area contributed by atoms with Crippen LogP contribution in [-0.4, -0.2) is 9.97 Å². The third-order valence-electron chi connectivity index (χ3n) is 5.73. The molecule has 2 heteroatoms. The Hall–Kier alpha value is -4.04. The standard InChI is InChI=1S/C28H18N2/c1-2-8-19(9-3-1)28-29-17-16-27(30-28)20-14-15-25-23-12-5-4-10-21(23)22-11-6-7-13-24(22)26(25)18-20/h1-18H. The highest BCUT2D eigenvalue weighted by molar-refractivity contribution is 6.25. The van der Waals surface area contributed by atoms with Crippen LogP contribution in [0, 0.1) is 0 Å².